The molecule has 1 aromatic carbocycles. The quantitative estimate of drug-likeness (QED) is 0.819. The van der Waals surface area contributed by atoms with Crippen LogP contribution in [0.5, 0.6) is 0 Å². The Kier molecular flexibility index (Phi) is 5.79. The lowest BCUT2D eigenvalue weighted by Crippen LogP contribution is -2.33. The highest BCUT2D eigenvalue weighted by molar-refractivity contribution is 5.21. The molecule has 1 aliphatic heterocycles. The molecule has 1 aromatic rings. The molecule has 0 radical (unpaired) electrons. The van der Waals surface area contributed by atoms with Gasteiger partial charge in [0.25, 0.3) is 0 Å². The van der Waals surface area contributed by atoms with Gasteiger partial charge < -0.3 is 15.7 Å². The van der Waals surface area contributed by atoms with Crippen LogP contribution in [0, 0.1) is 0 Å². The van der Waals surface area contributed by atoms with Gasteiger partial charge in [-0.3, -0.25) is 4.90 Å². The van der Waals surface area contributed by atoms with Gasteiger partial charge in [0.1, 0.15) is 0 Å². The molecule has 0 amide bonds. The van der Waals surface area contributed by atoms with Crippen molar-refractivity contribution in [1.29, 1.82) is 0 Å². The van der Waals surface area contributed by atoms with E-state index in [0.717, 1.165) is 51.4 Å². The van der Waals surface area contributed by atoms with E-state index in [1.807, 2.05) is 12.1 Å². The van der Waals surface area contributed by atoms with Crippen molar-refractivity contribution in [2.45, 2.75) is 19.6 Å². The summed E-state index contributed by atoms with van der Waals surface area (Å²) in [5, 5.41) is 9.04. The van der Waals surface area contributed by atoms with Crippen molar-refractivity contribution < 1.29 is 5.11 Å². The molecule has 3 N–H and O–H groups in total. The van der Waals surface area contributed by atoms with Crippen LogP contribution < -0.4 is 5.73 Å². The third-order valence-electron chi connectivity index (χ3n) is 3.74. The maximum absolute atomic E-state index is 9.04. The van der Waals surface area contributed by atoms with Crippen LogP contribution in [-0.2, 0) is 13.2 Å². The van der Waals surface area contributed by atoms with Crippen LogP contribution in [0.3, 0.4) is 0 Å². The average molecular weight is 263 g/mol. The minimum Gasteiger partial charge on any atom is -0.392 e. The molecule has 0 aliphatic carbocycles. The Morgan fingerprint density at radius 2 is 1.58 bits per heavy atom. The Bertz CT molecular complexity index is 366. The molecule has 0 aromatic heterocycles. The summed E-state index contributed by atoms with van der Waals surface area (Å²) in [7, 11) is 0. The highest BCUT2D eigenvalue weighted by atomic mass is 16.3. The number of rotatable bonds is 5. The molecule has 1 heterocycles. The van der Waals surface area contributed by atoms with Gasteiger partial charge in [-0.1, -0.05) is 24.3 Å². The molecule has 4 heteroatoms. The molecular formula is C15H25N3O. The predicted molar refractivity (Wildman–Crippen MR) is 77.8 cm³/mol. The lowest BCUT2D eigenvalue weighted by atomic mass is 10.1. The van der Waals surface area contributed by atoms with Crippen molar-refractivity contribution in [1.82, 2.24) is 9.80 Å². The first kappa shape index (κ1) is 14.5. The monoisotopic (exact) mass is 263 g/mol. The molecule has 1 saturated heterocycles. The summed E-state index contributed by atoms with van der Waals surface area (Å²) >= 11 is 0. The minimum atomic E-state index is 0.123. The first-order chi connectivity index (χ1) is 9.31. The van der Waals surface area contributed by atoms with Crippen LogP contribution in [0.4, 0.5) is 0 Å². The summed E-state index contributed by atoms with van der Waals surface area (Å²) in [6, 6.07) is 8.25. The Morgan fingerprint density at radius 1 is 0.947 bits per heavy atom. The summed E-state index contributed by atoms with van der Waals surface area (Å²) in [6.45, 7) is 7.44. The van der Waals surface area contributed by atoms with E-state index in [9.17, 15) is 0 Å². The van der Waals surface area contributed by atoms with Crippen LogP contribution in [0.15, 0.2) is 24.3 Å². The van der Waals surface area contributed by atoms with E-state index in [0.29, 0.717) is 0 Å². The second-order valence-corrected chi connectivity index (χ2v) is 5.23. The molecule has 106 valence electrons. The van der Waals surface area contributed by atoms with E-state index in [-0.39, 0.29) is 6.61 Å². The van der Waals surface area contributed by atoms with E-state index in [1.165, 1.54) is 12.0 Å². The SMILES string of the molecule is NCCN1CCCN(Cc2ccc(CO)cc2)CC1. The molecule has 0 spiro atoms. The Labute approximate surface area is 115 Å². The fraction of sp³-hybridized carbons (Fsp3) is 0.600. The van der Waals surface area contributed by atoms with Gasteiger partial charge in [-0.2, -0.15) is 0 Å². The van der Waals surface area contributed by atoms with Gasteiger partial charge in [0.2, 0.25) is 0 Å². The smallest absolute Gasteiger partial charge is 0.0681 e. The van der Waals surface area contributed by atoms with E-state index in [1.54, 1.807) is 0 Å². The number of nitrogens with zero attached hydrogens (tertiary/aromatic N) is 2. The molecule has 1 fully saturated rings. The van der Waals surface area contributed by atoms with Crippen LogP contribution in [0.2, 0.25) is 0 Å². The minimum absolute atomic E-state index is 0.123. The zero-order valence-electron chi connectivity index (χ0n) is 11.6. The number of hydrogen-bond donors (Lipinski definition) is 2. The first-order valence-electron chi connectivity index (χ1n) is 7.15. The van der Waals surface area contributed by atoms with E-state index in [4.69, 9.17) is 10.8 Å². The van der Waals surface area contributed by atoms with Crippen molar-refractivity contribution in [2.24, 2.45) is 5.73 Å². The van der Waals surface area contributed by atoms with Gasteiger partial charge in [0.05, 0.1) is 6.61 Å². The van der Waals surface area contributed by atoms with Crippen LogP contribution in [0.25, 0.3) is 0 Å². The Hall–Kier alpha value is -0.940. The maximum atomic E-state index is 9.04. The standard InChI is InChI=1S/C15H25N3O/c16-6-9-17-7-1-8-18(11-10-17)12-14-2-4-15(13-19)5-3-14/h2-5,19H,1,6-13,16H2. The Balaban J connectivity index is 1.84. The van der Waals surface area contributed by atoms with Crippen molar-refractivity contribution in [3.63, 3.8) is 0 Å². The summed E-state index contributed by atoms with van der Waals surface area (Å²) in [6.07, 6.45) is 1.22. The van der Waals surface area contributed by atoms with Crippen molar-refractivity contribution in [3.05, 3.63) is 35.4 Å². The Morgan fingerprint density at radius 3 is 2.26 bits per heavy atom. The van der Waals surface area contributed by atoms with Gasteiger partial charge in [0, 0.05) is 32.7 Å². The third kappa shape index (κ3) is 4.58. The number of hydrogen-bond acceptors (Lipinski definition) is 4. The second kappa shape index (κ2) is 7.60. The summed E-state index contributed by atoms with van der Waals surface area (Å²) in [5.41, 5.74) is 7.92. The number of aliphatic hydroxyl groups is 1. The molecule has 0 saturated carbocycles. The van der Waals surface area contributed by atoms with E-state index in [2.05, 4.69) is 21.9 Å². The van der Waals surface area contributed by atoms with Crippen molar-refractivity contribution in [3.8, 4) is 0 Å². The molecular weight excluding hydrogens is 238 g/mol. The van der Waals surface area contributed by atoms with Crippen molar-refractivity contribution in [2.75, 3.05) is 39.3 Å². The maximum Gasteiger partial charge on any atom is 0.0681 e. The van der Waals surface area contributed by atoms with Gasteiger partial charge in [-0.25, -0.2) is 0 Å². The first-order valence-corrected chi connectivity index (χ1v) is 7.15. The van der Waals surface area contributed by atoms with Crippen LogP contribution in [-0.4, -0.2) is 54.2 Å². The lowest BCUT2D eigenvalue weighted by Gasteiger charge is -2.21. The van der Waals surface area contributed by atoms with E-state index >= 15 is 0 Å². The largest absolute Gasteiger partial charge is 0.392 e. The van der Waals surface area contributed by atoms with Gasteiger partial charge >= 0.3 is 0 Å². The highest BCUT2D eigenvalue weighted by Gasteiger charge is 2.14. The number of benzene rings is 1. The molecule has 19 heavy (non-hydrogen) atoms. The number of aliphatic hydroxyl groups excluding tert-OH is 1. The fourth-order valence-electron chi connectivity index (χ4n) is 2.60. The van der Waals surface area contributed by atoms with Crippen LogP contribution >= 0.6 is 0 Å². The zero-order valence-corrected chi connectivity index (χ0v) is 11.6. The molecule has 4 nitrogen and oxygen atoms in total. The van der Waals surface area contributed by atoms with Gasteiger partial charge in [0.15, 0.2) is 0 Å². The lowest BCUT2D eigenvalue weighted by molar-refractivity contribution is 0.254. The molecule has 2 rings (SSSR count). The summed E-state index contributed by atoms with van der Waals surface area (Å²) in [5.74, 6) is 0. The summed E-state index contributed by atoms with van der Waals surface area (Å²) in [4.78, 5) is 4.96. The molecule has 0 atom stereocenters. The topological polar surface area (TPSA) is 52.7 Å². The molecule has 0 bridgehead atoms. The average Bonchev–Trinajstić information content (AvgIpc) is 2.66. The molecule has 0 unspecified atom stereocenters. The van der Waals surface area contributed by atoms with Gasteiger partial charge in [-0.05, 0) is 30.6 Å². The third-order valence-corrected chi connectivity index (χ3v) is 3.74. The zero-order chi connectivity index (χ0) is 13.5. The normalized spacial score (nSPS) is 18.4. The second-order valence-electron chi connectivity index (χ2n) is 5.23. The fourth-order valence-corrected chi connectivity index (χ4v) is 2.60. The summed E-state index contributed by atoms with van der Waals surface area (Å²) < 4.78 is 0. The predicted octanol–water partition coefficient (Wildman–Crippen LogP) is 0.645. The van der Waals surface area contributed by atoms with Crippen LogP contribution in [0.1, 0.15) is 17.5 Å². The highest BCUT2D eigenvalue weighted by Crippen LogP contribution is 2.10. The van der Waals surface area contributed by atoms with E-state index < -0.39 is 0 Å². The van der Waals surface area contributed by atoms with Crippen molar-refractivity contribution >= 4 is 0 Å². The molecule has 1 aliphatic rings. The van der Waals surface area contributed by atoms with Gasteiger partial charge in [-0.15, -0.1) is 0 Å². The number of nitrogens with two attached hydrogens (primary N) is 1.